The Morgan fingerprint density at radius 3 is 2.44 bits per heavy atom. The van der Waals surface area contributed by atoms with E-state index in [9.17, 15) is 4.79 Å². The Bertz CT molecular complexity index is 233. The van der Waals surface area contributed by atoms with Crippen LogP contribution in [-0.4, -0.2) is 24.0 Å². The largest absolute Gasteiger partial charge is 0.352 e. The van der Waals surface area contributed by atoms with E-state index in [4.69, 9.17) is 0 Å². The zero-order valence-electron chi connectivity index (χ0n) is 11.1. The molecule has 0 aromatic rings. The Labute approximate surface area is 99.4 Å². The summed E-state index contributed by atoms with van der Waals surface area (Å²) in [4.78, 5) is 11.7. The van der Waals surface area contributed by atoms with Crippen molar-refractivity contribution in [2.45, 2.75) is 65.0 Å². The van der Waals surface area contributed by atoms with Gasteiger partial charge in [0.1, 0.15) is 0 Å². The third-order valence-corrected chi connectivity index (χ3v) is 3.24. The average molecular weight is 226 g/mol. The summed E-state index contributed by atoms with van der Waals surface area (Å²) in [5.41, 5.74) is 0.00945. The highest BCUT2D eigenvalue weighted by Gasteiger charge is 2.23. The molecule has 0 heterocycles. The molecule has 0 saturated heterocycles. The van der Waals surface area contributed by atoms with Crippen molar-refractivity contribution in [3.63, 3.8) is 0 Å². The van der Waals surface area contributed by atoms with E-state index < -0.39 is 0 Å². The number of rotatable bonds is 3. The summed E-state index contributed by atoms with van der Waals surface area (Å²) in [5, 5.41) is 6.35. The van der Waals surface area contributed by atoms with Gasteiger partial charge in [0, 0.05) is 11.6 Å². The molecule has 1 aliphatic carbocycles. The van der Waals surface area contributed by atoms with Gasteiger partial charge in [-0.15, -0.1) is 0 Å². The van der Waals surface area contributed by atoms with E-state index in [1.807, 2.05) is 0 Å². The molecule has 2 N–H and O–H groups in total. The van der Waals surface area contributed by atoms with Crippen molar-refractivity contribution in [2.24, 2.45) is 5.92 Å². The van der Waals surface area contributed by atoms with Crippen molar-refractivity contribution >= 4 is 5.91 Å². The lowest BCUT2D eigenvalue weighted by Gasteiger charge is -2.30. The number of amides is 1. The summed E-state index contributed by atoms with van der Waals surface area (Å²) in [7, 11) is 0. The molecule has 1 fully saturated rings. The first kappa shape index (κ1) is 13.5. The lowest BCUT2D eigenvalue weighted by molar-refractivity contribution is -0.121. The minimum Gasteiger partial charge on any atom is -0.352 e. The lowest BCUT2D eigenvalue weighted by Crippen LogP contribution is -2.48. The Balaban J connectivity index is 2.28. The highest BCUT2D eigenvalue weighted by Crippen LogP contribution is 2.23. The highest BCUT2D eigenvalue weighted by molar-refractivity contribution is 5.78. The van der Waals surface area contributed by atoms with E-state index in [2.05, 4.69) is 38.3 Å². The van der Waals surface area contributed by atoms with Gasteiger partial charge in [0.15, 0.2) is 0 Å². The smallest absolute Gasteiger partial charge is 0.234 e. The fourth-order valence-corrected chi connectivity index (χ4v) is 2.13. The first-order valence-electron chi connectivity index (χ1n) is 6.43. The van der Waals surface area contributed by atoms with Crippen LogP contribution in [0.4, 0.5) is 0 Å². The quantitative estimate of drug-likeness (QED) is 0.773. The fraction of sp³-hybridized carbons (Fsp3) is 0.923. The SMILES string of the molecule is C[C@@H]1CCCC[C@H]1NC(=O)CNC(C)(C)C. The van der Waals surface area contributed by atoms with Gasteiger partial charge in [-0.05, 0) is 39.5 Å². The van der Waals surface area contributed by atoms with Crippen molar-refractivity contribution in [3.05, 3.63) is 0 Å². The molecule has 0 unspecified atom stereocenters. The van der Waals surface area contributed by atoms with E-state index in [0.717, 1.165) is 6.42 Å². The maximum atomic E-state index is 11.7. The molecule has 0 aliphatic heterocycles. The normalized spacial score (nSPS) is 26.5. The van der Waals surface area contributed by atoms with Crippen LogP contribution in [-0.2, 0) is 4.79 Å². The van der Waals surface area contributed by atoms with E-state index in [-0.39, 0.29) is 11.4 Å². The van der Waals surface area contributed by atoms with Crippen LogP contribution in [0.5, 0.6) is 0 Å². The number of nitrogens with one attached hydrogen (secondary N) is 2. The lowest BCUT2D eigenvalue weighted by atomic mass is 9.86. The molecule has 0 bridgehead atoms. The molecular weight excluding hydrogens is 200 g/mol. The zero-order chi connectivity index (χ0) is 12.2. The Morgan fingerprint density at radius 1 is 1.25 bits per heavy atom. The molecule has 2 atom stereocenters. The molecule has 0 spiro atoms. The van der Waals surface area contributed by atoms with E-state index in [0.29, 0.717) is 18.5 Å². The Hall–Kier alpha value is -0.570. The average Bonchev–Trinajstić information content (AvgIpc) is 2.18. The minimum absolute atomic E-state index is 0.00945. The molecule has 16 heavy (non-hydrogen) atoms. The molecule has 94 valence electrons. The molecular formula is C13H26N2O. The van der Waals surface area contributed by atoms with Gasteiger partial charge in [0.25, 0.3) is 0 Å². The Morgan fingerprint density at radius 2 is 1.88 bits per heavy atom. The number of hydrogen-bond donors (Lipinski definition) is 2. The molecule has 3 nitrogen and oxygen atoms in total. The van der Waals surface area contributed by atoms with Crippen molar-refractivity contribution in [2.75, 3.05) is 6.54 Å². The molecule has 0 radical (unpaired) electrons. The third-order valence-electron chi connectivity index (χ3n) is 3.24. The summed E-state index contributed by atoms with van der Waals surface area (Å²) in [6.07, 6.45) is 4.95. The van der Waals surface area contributed by atoms with Crippen LogP contribution in [0.2, 0.25) is 0 Å². The summed E-state index contributed by atoms with van der Waals surface area (Å²) >= 11 is 0. The number of hydrogen-bond acceptors (Lipinski definition) is 2. The number of carbonyl (C=O) groups excluding carboxylic acids is 1. The molecule has 1 saturated carbocycles. The van der Waals surface area contributed by atoms with Gasteiger partial charge in [0.05, 0.1) is 6.54 Å². The summed E-state index contributed by atoms with van der Waals surface area (Å²) in [6, 6.07) is 0.392. The second kappa shape index (κ2) is 5.67. The van der Waals surface area contributed by atoms with Gasteiger partial charge in [-0.25, -0.2) is 0 Å². The van der Waals surface area contributed by atoms with Crippen molar-refractivity contribution in [1.82, 2.24) is 10.6 Å². The van der Waals surface area contributed by atoms with Gasteiger partial charge in [-0.2, -0.15) is 0 Å². The monoisotopic (exact) mass is 226 g/mol. The standard InChI is InChI=1S/C13H26N2O/c1-10-7-5-6-8-11(10)15-12(16)9-14-13(2,3)4/h10-11,14H,5-9H2,1-4H3,(H,15,16)/t10-,11-/m1/s1. The van der Waals surface area contributed by atoms with Gasteiger partial charge in [-0.3, -0.25) is 4.79 Å². The third kappa shape index (κ3) is 4.97. The van der Waals surface area contributed by atoms with Crippen molar-refractivity contribution in [1.29, 1.82) is 0 Å². The maximum absolute atomic E-state index is 11.7. The summed E-state index contributed by atoms with van der Waals surface area (Å²) in [6.45, 7) is 8.88. The van der Waals surface area contributed by atoms with Crippen LogP contribution in [0.15, 0.2) is 0 Å². The van der Waals surface area contributed by atoms with Gasteiger partial charge in [-0.1, -0.05) is 19.8 Å². The maximum Gasteiger partial charge on any atom is 0.234 e. The van der Waals surface area contributed by atoms with Gasteiger partial charge < -0.3 is 10.6 Å². The molecule has 1 aliphatic rings. The van der Waals surface area contributed by atoms with E-state index in [1.54, 1.807) is 0 Å². The summed E-state index contributed by atoms with van der Waals surface area (Å²) < 4.78 is 0. The second-order valence-electron chi connectivity index (χ2n) is 6.04. The summed E-state index contributed by atoms with van der Waals surface area (Å²) in [5.74, 6) is 0.765. The minimum atomic E-state index is 0.00945. The van der Waals surface area contributed by atoms with Crippen LogP contribution < -0.4 is 10.6 Å². The van der Waals surface area contributed by atoms with Gasteiger partial charge in [0.2, 0.25) is 5.91 Å². The van der Waals surface area contributed by atoms with Crippen molar-refractivity contribution < 1.29 is 4.79 Å². The number of carbonyl (C=O) groups is 1. The van der Waals surface area contributed by atoms with Gasteiger partial charge >= 0.3 is 0 Å². The van der Waals surface area contributed by atoms with Crippen molar-refractivity contribution in [3.8, 4) is 0 Å². The van der Waals surface area contributed by atoms with Crippen LogP contribution >= 0.6 is 0 Å². The molecule has 1 rings (SSSR count). The second-order valence-corrected chi connectivity index (χ2v) is 6.04. The van der Waals surface area contributed by atoms with E-state index >= 15 is 0 Å². The van der Waals surface area contributed by atoms with Crippen LogP contribution in [0.3, 0.4) is 0 Å². The van der Waals surface area contributed by atoms with Crippen LogP contribution in [0.25, 0.3) is 0 Å². The Kier molecular flexibility index (Phi) is 4.78. The fourth-order valence-electron chi connectivity index (χ4n) is 2.13. The topological polar surface area (TPSA) is 41.1 Å². The van der Waals surface area contributed by atoms with E-state index in [1.165, 1.54) is 19.3 Å². The predicted molar refractivity (Wildman–Crippen MR) is 67.3 cm³/mol. The molecule has 1 amide bonds. The molecule has 3 heteroatoms. The zero-order valence-corrected chi connectivity index (χ0v) is 11.1. The first-order chi connectivity index (χ1) is 7.38. The molecule has 0 aromatic carbocycles. The highest BCUT2D eigenvalue weighted by atomic mass is 16.2. The van der Waals surface area contributed by atoms with Crippen LogP contribution in [0, 0.1) is 5.92 Å². The first-order valence-corrected chi connectivity index (χ1v) is 6.43. The molecule has 0 aromatic heterocycles. The predicted octanol–water partition coefficient (Wildman–Crippen LogP) is 2.07. The van der Waals surface area contributed by atoms with Crippen LogP contribution in [0.1, 0.15) is 53.4 Å².